The number of aromatic nitrogens is 6. The van der Waals surface area contributed by atoms with Crippen LogP contribution in [0.2, 0.25) is 0 Å². The number of rotatable bonds is 8. The molecule has 0 unspecified atom stereocenters. The minimum absolute atomic E-state index is 0.522. The van der Waals surface area contributed by atoms with Gasteiger partial charge < -0.3 is 10.3 Å². The molecule has 0 saturated heterocycles. The van der Waals surface area contributed by atoms with E-state index in [9.17, 15) is 0 Å². The Hall–Kier alpha value is -4.30. The number of hydrogen-bond donors (Lipinski definition) is 3. The largest absolute Gasteiger partial charge is 0.359 e. The molecule has 0 atom stereocenters. The molecule has 5 aromatic rings. The summed E-state index contributed by atoms with van der Waals surface area (Å²) in [7, 11) is 0. The van der Waals surface area contributed by atoms with E-state index in [1.807, 2.05) is 37.4 Å². The SMILES string of the molecule is C=C/C(=C\C(=C/C)c1cc2c(-c3nc4nccc(-c5cccs5)c4[nH]3)n[nH]c2cn1)NC(=C)C1CCCC1. The van der Waals surface area contributed by atoms with Crippen LogP contribution in [-0.4, -0.2) is 30.1 Å². The molecule has 1 aliphatic rings. The van der Waals surface area contributed by atoms with Crippen molar-refractivity contribution in [3.63, 3.8) is 0 Å². The third-order valence-corrected chi connectivity index (χ3v) is 8.04. The van der Waals surface area contributed by atoms with Gasteiger partial charge in [0.05, 0.1) is 22.9 Å². The fourth-order valence-corrected chi connectivity index (χ4v) is 5.85. The summed E-state index contributed by atoms with van der Waals surface area (Å²) >= 11 is 1.69. The molecule has 0 radical (unpaired) electrons. The van der Waals surface area contributed by atoms with Crippen molar-refractivity contribution in [2.45, 2.75) is 32.6 Å². The molecule has 1 saturated carbocycles. The first-order valence-corrected chi connectivity index (χ1v) is 13.7. The number of aromatic amines is 2. The Labute approximate surface area is 225 Å². The first kappa shape index (κ1) is 24.1. The van der Waals surface area contributed by atoms with Gasteiger partial charge in [-0.15, -0.1) is 11.3 Å². The Morgan fingerprint density at radius 1 is 1.21 bits per heavy atom. The van der Waals surface area contributed by atoms with Crippen molar-refractivity contribution < 1.29 is 0 Å². The molecule has 5 aromatic heterocycles. The third kappa shape index (κ3) is 4.48. The van der Waals surface area contributed by atoms with E-state index in [0.717, 1.165) is 55.2 Å². The maximum atomic E-state index is 4.78. The number of nitrogens with zero attached hydrogens (tertiary/aromatic N) is 4. The van der Waals surface area contributed by atoms with Crippen molar-refractivity contribution >= 4 is 39.0 Å². The number of nitrogens with one attached hydrogen (secondary N) is 3. The Bertz CT molecular complexity index is 1700. The van der Waals surface area contributed by atoms with Crippen LogP contribution in [0.5, 0.6) is 0 Å². The van der Waals surface area contributed by atoms with E-state index in [1.165, 1.54) is 25.7 Å². The first-order valence-electron chi connectivity index (χ1n) is 12.8. The zero-order valence-electron chi connectivity index (χ0n) is 21.3. The maximum absolute atomic E-state index is 4.78. The quantitative estimate of drug-likeness (QED) is 0.186. The molecule has 190 valence electrons. The molecule has 38 heavy (non-hydrogen) atoms. The van der Waals surface area contributed by atoms with Crippen LogP contribution in [0, 0.1) is 5.92 Å². The van der Waals surface area contributed by atoms with Crippen molar-refractivity contribution in [2.24, 2.45) is 5.92 Å². The molecule has 0 amide bonds. The predicted molar refractivity (Wildman–Crippen MR) is 156 cm³/mol. The number of thiophene rings is 1. The predicted octanol–water partition coefficient (Wildman–Crippen LogP) is 7.39. The van der Waals surface area contributed by atoms with Gasteiger partial charge in [0, 0.05) is 33.4 Å². The van der Waals surface area contributed by atoms with E-state index < -0.39 is 0 Å². The lowest BCUT2D eigenvalue weighted by molar-refractivity contribution is 0.607. The second-order valence-corrected chi connectivity index (χ2v) is 10.4. The topological polar surface area (TPSA) is 95.2 Å². The van der Waals surface area contributed by atoms with Crippen molar-refractivity contribution in [3.8, 4) is 22.0 Å². The van der Waals surface area contributed by atoms with Crippen molar-refractivity contribution in [3.05, 3.63) is 90.5 Å². The molecule has 0 spiro atoms. The summed E-state index contributed by atoms with van der Waals surface area (Å²) in [6.07, 6.45) is 14.5. The lowest BCUT2D eigenvalue weighted by Gasteiger charge is -2.16. The van der Waals surface area contributed by atoms with E-state index in [0.29, 0.717) is 17.4 Å². The Morgan fingerprint density at radius 2 is 2.08 bits per heavy atom. The molecule has 0 aromatic carbocycles. The van der Waals surface area contributed by atoms with Crippen molar-refractivity contribution in [1.29, 1.82) is 0 Å². The fraction of sp³-hybridized carbons (Fsp3) is 0.200. The van der Waals surface area contributed by atoms with Gasteiger partial charge in [-0.25, -0.2) is 9.97 Å². The van der Waals surface area contributed by atoms with Crippen LogP contribution in [0.4, 0.5) is 0 Å². The number of allylic oxidation sites excluding steroid dienone is 5. The monoisotopic (exact) mass is 519 g/mol. The van der Waals surface area contributed by atoms with Crippen LogP contribution >= 0.6 is 11.3 Å². The molecule has 8 heteroatoms. The van der Waals surface area contributed by atoms with Gasteiger partial charge in [0.25, 0.3) is 0 Å². The molecular weight excluding hydrogens is 490 g/mol. The molecule has 3 N–H and O–H groups in total. The number of imidazole rings is 1. The first-order chi connectivity index (χ1) is 18.6. The van der Waals surface area contributed by atoms with Gasteiger partial charge in [0.2, 0.25) is 0 Å². The Kier molecular flexibility index (Phi) is 6.47. The normalized spacial score (nSPS) is 15.0. The summed E-state index contributed by atoms with van der Waals surface area (Å²) in [5.74, 6) is 1.19. The molecular formula is C30H29N7S. The number of fused-ring (bicyclic) bond motifs is 2. The molecule has 7 nitrogen and oxygen atoms in total. The highest BCUT2D eigenvalue weighted by molar-refractivity contribution is 7.13. The summed E-state index contributed by atoms with van der Waals surface area (Å²) in [4.78, 5) is 18.6. The van der Waals surface area contributed by atoms with Gasteiger partial charge in [0.15, 0.2) is 11.5 Å². The summed E-state index contributed by atoms with van der Waals surface area (Å²) in [6.45, 7) is 10.3. The molecule has 0 aliphatic heterocycles. The van der Waals surface area contributed by atoms with Crippen LogP contribution in [0.25, 0.3) is 49.6 Å². The van der Waals surface area contributed by atoms with E-state index >= 15 is 0 Å². The summed E-state index contributed by atoms with van der Waals surface area (Å²) < 4.78 is 0. The second kappa shape index (κ2) is 10.2. The second-order valence-electron chi connectivity index (χ2n) is 9.49. The number of pyridine rings is 2. The highest BCUT2D eigenvalue weighted by atomic mass is 32.1. The molecule has 1 aliphatic carbocycles. The van der Waals surface area contributed by atoms with E-state index in [-0.39, 0.29) is 0 Å². The van der Waals surface area contributed by atoms with E-state index in [2.05, 4.69) is 62.2 Å². The van der Waals surface area contributed by atoms with E-state index in [1.54, 1.807) is 17.5 Å². The van der Waals surface area contributed by atoms with Gasteiger partial charge >= 0.3 is 0 Å². The average molecular weight is 520 g/mol. The van der Waals surface area contributed by atoms with Gasteiger partial charge in [-0.2, -0.15) is 5.10 Å². The molecule has 1 fully saturated rings. The van der Waals surface area contributed by atoms with Crippen LogP contribution in [0.3, 0.4) is 0 Å². The van der Waals surface area contributed by atoms with Crippen molar-refractivity contribution in [1.82, 2.24) is 35.5 Å². The Morgan fingerprint density at radius 3 is 2.84 bits per heavy atom. The minimum Gasteiger partial charge on any atom is -0.359 e. The van der Waals surface area contributed by atoms with Gasteiger partial charge in [0.1, 0.15) is 5.69 Å². The van der Waals surface area contributed by atoms with Crippen LogP contribution in [0.1, 0.15) is 38.3 Å². The number of hydrogen-bond acceptors (Lipinski definition) is 6. The third-order valence-electron chi connectivity index (χ3n) is 7.14. The van der Waals surface area contributed by atoms with Gasteiger partial charge in [-0.1, -0.05) is 38.1 Å². The minimum atomic E-state index is 0.522. The summed E-state index contributed by atoms with van der Waals surface area (Å²) in [6, 6.07) is 8.21. The van der Waals surface area contributed by atoms with Gasteiger partial charge in [-0.05, 0) is 67.0 Å². The lowest BCUT2D eigenvalue weighted by Crippen LogP contribution is -2.16. The van der Waals surface area contributed by atoms with Gasteiger partial charge in [-0.3, -0.25) is 10.1 Å². The summed E-state index contributed by atoms with van der Waals surface area (Å²) in [5.41, 5.74) is 8.00. The average Bonchev–Trinajstić information content (AvgIpc) is 3.75. The van der Waals surface area contributed by atoms with Crippen LogP contribution in [0.15, 0.2) is 84.8 Å². The highest BCUT2D eigenvalue weighted by Gasteiger charge is 2.19. The van der Waals surface area contributed by atoms with Crippen LogP contribution < -0.4 is 5.32 Å². The highest BCUT2D eigenvalue weighted by Crippen LogP contribution is 2.33. The zero-order valence-corrected chi connectivity index (χ0v) is 22.1. The molecule has 0 bridgehead atoms. The smallest absolute Gasteiger partial charge is 0.178 e. The fourth-order valence-electron chi connectivity index (χ4n) is 5.10. The molecule has 5 heterocycles. The van der Waals surface area contributed by atoms with Crippen molar-refractivity contribution in [2.75, 3.05) is 0 Å². The van der Waals surface area contributed by atoms with Crippen LogP contribution in [-0.2, 0) is 0 Å². The standard InChI is InChI=1S/C30H29N7S/c1-4-19(15-21(5-2)33-18(3)20-9-6-7-10-20)24-16-23-25(17-32-24)36-37-28(23)30-34-27-22(26-11-8-14-38-26)12-13-31-29(27)35-30/h4-5,8,11-17,20,33H,2-3,6-7,9-10H2,1H3,(H,36,37)(H,31,34,35)/b19-4+,21-15+. The van der Waals surface area contributed by atoms with E-state index in [4.69, 9.17) is 9.97 Å². The zero-order chi connectivity index (χ0) is 26.1. The number of H-pyrrole nitrogens is 2. The summed E-state index contributed by atoms with van der Waals surface area (Å²) in [5, 5.41) is 14.2. The lowest BCUT2D eigenvalue weighted by atomic mass is 10.0. The Balaban J connectivity index is 1.35. The maximum Gasteiger partial charge on any atom is 0.178 e. The molecule has 6 rings (SSSR count).